The number of aromatic hydroxyl groups is 1. The van der Waals surface area contributed by atoms with E-state index >= 15 is 0 Å². The molecule has 1 aliphatic rings. The smallest absolute Gasteiger partial charge is 0.235 e. The molecule has 0 unspecified atom stereocenters. The van der Waals surface area contributed by atoms with E-state index in [1.807, 2.05) is 4.90 Å². The quantitative estimate of drug-likeness (QED) is 0.569. The van der Waals surface area contributed by atoms with Gasteiger partial charge in [0.1, 0.15) is 17.5 Å². The second-order valence-corrected chi connectivity index (χ2v) is 7.45. The minimum atomic E-state index is -0.943. The lowest BCUT2D eigenvalue weighted by Gasteiger charge is -2.36. The molecule has 1 aliphatic heterocycles. The normalized spacial score (nSPS) is 15.8. The molecule has 29 heavy (non-hydrogen) atoms. The van der Waals surface area contributed by atoms with Crippen LogP contribution in [0.2, 0.25) is 0 Å². The summed E-state index contributed by atoms with van der Waals surface area (Å²) in [6.45, 7) is 7.63. The number of pyridine rings is 1. The molecule has 2 aromatic rings. The molecule has 0 aliphatic carbocycles. The van der Waals surface area contributed by atoms with Gasteiger partial charge in [0, 0.05) is 38.8 Å². The zero-order valence-corrected chi connectivity index (χ0v) is 16.4. The molecule has 0 bridgehead atoms. The number of hydrogen-bond acceptors (Lipinski definition) is 6. The summed E-state index contributed by atoms with van der Waals surface area (Å²) in [4.78, 5) is 19.5. The first-order valence-electron chi connectivity index (χ1n) is 9.44. The molecule has 7 nitrogen and oxygen atoms in total. The van der Waals surface area contributed by atoms with Crippen molar-refractivity contribution >= 4 is 11.5 Å². The largest absolute Gasteiger partial charge is 0.503 e. The molecule has 1 saturated heterocycles. The van der Waals surface area contributed by atoms with Crippen LogP contribution in [0.3, 0.4) is 0 Å². The van der Waals surface area contributed by atoms with Crippen LogP contribution >= 0.6 is 0 Å². The first-order chi connectivity index (χ1) is 13.7. The van der Waals surface area contributed by atoms with Crippen LogP contribution in [0.15, 0.2) is 23.0 Å². The number of halogens is 2. The van der Waals surface area contributed by atoms with E-state index in [0.717, 1.165) is 38.3 Å². The van der Waals surface area contributed by atoms with Crippen LogP contribution < -0.4 is 11.2 Å². The lowest BCUT2D eigenvalue weighted by Crippen LogP contribution is -2.50. The number of benzene rings is 1. The Balaban J connectivity index is 1.87. The van der Waals surface area contributed by atoms with Crippen molar-refractivity contribution in [3.8, 4) is 17.0 Å². The maximum Gasteiger partial charge on any atom is 0.235 e. The van der Waals surface area contributed by atoms with Crippen LogP contribution in [0.4, 0.5) is 14.6 Å². The molecular formula is C20H25F2N5O2. The Bertz CT molecular complexity index is 961. The molecule has 0 atom stereocenters. The molecule has 0 saturated carbocycles. The Morgan fingerprint density at radius 2 is 1.83 bits per heavy atom. The van der Waals surface area contributed by atoms with E-state index in [0.29, 0.717) is 6.04 Å². The summed E-state index contributed by atoms with van der Waals surface area (Å²) in [7, 11) is 0. The average molecular weight is 405 g/mol. The van der Waals surface area contributed by atoms with Gasteiger partial charge in [-0.2, -0.15) is 0 Å². The Hall–Kier alpha value is -2.78. The van der Waals surface area contributed by atoms with Gasteiger partial charge >= 0.3 is 0 Å². The number of H-pyrrole nitrogens is 1. The molecule has 1 fully saturated rings. The van der Waals surface area contributed by atoms with Gasteiger partial charge in [0.05, 0.1) is 22.5 Å². The van der Waals surface area contributed by atoms with Gasteiger partial charge in [-0.3, -0.25) is 14.6 Å². The average Bonchev–Trinajstić information content (AvgIpc) is 2.66. The van der Waals surface area contributed by atoms with Crippen LogP contribution in [0.25, 0.3) is 11.3 Å². The summed E-state index contributed by atoms with van der Waals surface area (Å²) in [5.74, 6) is -2.97. The third kappa shape index (κ3) is 4.15. The Labute approximate surface area is 167 Å². The highest BCUT2D eigenvalue weighted by atomic mass is 19.1. The van der Waals surface area contributed by atoms with E-state index in [2.05, 4.69) is 23.7 Å². The Morgan fingerprint density at radius 3 is 2.38 bits per heavy atom. The van der Waals surface area contributed by atoms with Crippen molar-refractivity contribution < 1.29 is 13.9 Å². The monoisotopic (exact) mass is 405 g/mol. The van der Waals surface area contributed by atoms with E-state index in [-0.39, 0.29) is 23.6 Å². The standard InChI is InChI=1S/C20H25F2N5O2/c1-11(2)27-8-6-26(7-9-27)10-14(23)16-18(28)19(29)17(25-20(16)24)15-12(21)4-3-5-13(15)22/h3-5,11,23,29H,6-10H2,1-2H3,(H3,24,25,28). The second kappa shape index (κ2) is 8.30. The van der Waals surface area contributed by atoms with E-state index in [1.165, 1.54) is 6.07 Å². The molecule has 0 spiro atoms. The highest BCUT2D eigenvalue weighted by Crippen LogP contribution is 2.31. The van der Waals surface area contributed by atoms with Crippen molar-refractivity contribution in [1.29, 1.82) is 5.41 Å². The fourth-order valence-electron chi connectivity index (χ4n) is 3.57. The summed E-state index contributed by atoms with van der Waals surface area (Å²) < 4.78 is 28.1. The number of hydrogen-bond donors (Lipinski definition) is 4. The first-order valence-corrected chi connectivity index (χ1v) is 9.44. The minimum absolute atomic E-state index is 0.0578. The molecule has 5 N–H and O–H groups in total. The maximum absolute atomic E-state index is 14.1. The zero-order chi connectivity index (χ0) is 21.3. The molecule has 1 aromatic heterocycles. The molecular weight excluding hydrogens is 380 g/mol. The highest BCUT2D eigenvalue weighted by Gasteiger charge is 2.25. The van der Waals surface area contributed by atoms with Crippen molar-refractivity contribution in [3.63, 3.8) is 0 Å². The number of anilines is 1. The van der Waals surface area contributed by atoms with Gasteiger partial charge in [0.15, 0.2) is 5.75 Å². The van der Waals surface area contributed by atoms with Gasteiger partial charge in [0.25, 0.3) is 0 Å². The van der Waals surface area contributed by atoms with Gasteiger partial charge in [-0.15, -0.1) is 0 Å². The van der Waals surface area contributed by atoms with Crippen molar-refractivity contribution in [1.82, 2.24) is 14.8 Å². The van der Waals surface area contributed by atoms with Crippen LogP contribution in [-0.2, 0) is 0 Å². The minimum Gasteiger partial charge on any atom is -0.503 e. The van der Waals surface area contributed by atoms with Crippen LogP contribution in [0, 0.1) is 17.0 Å². The second-order valence-electron chi connectivity index (χ2n) is 7.45. The third-order valence-corrected chi connectivity index (χ3v) is 5.24. The number of aromatic nitrogens is 1. The number of nitrogen functional groups attached to an aromatic ring is 1. The topological polar surface area (TPSA) is 109 Å². The molecule has 1 aromatic carbocycles. The van der Waals surface area contributed by atoms with Gasteiger partial charge in [-0.05, 0) is 26.0 Å². The summed E-state index contributed by atoms with van der Waals surface area (Å²) in [5.41, 5.74) is 3.74. The lowest BCUT2D eigenvalue weighted by atomic mass is 10.0. The Kier molecular flexibility index (Phi) is 5.99. The summed E-state index contributed by atoms with van der Waals surface area (Å²) in [5, 5.41) is 18.6. The van der Waals surface area contributed by atoms with Crippen LogP contribution in [-0.4, -0.2) is 64.4 Å². The van der Waals surface area contributed by atoms with E-state index < -0.39 is 34.1 Å². The van der Waals surface area contributed by atoms with Crippen molar-refractivity contribution in [2.24, 2.45) is 0 Å². The number of piperazine rings is 1. The summed E-state index contributed by atoms with van der Waals surface area (Å²) in [6.07, 6.45) is 0. The SMILES string of the molecule is CC(C)N1CCN(CC(=N)c2c(N)[nH]c(-c3c(F)cccc3F)c(O)c2=O)CC1. The van der Waals surface area contributed by atoms with E-state index in [4.69, 9.17) is 11.1 Å². The number of rotatable bonds is 5. The molecule has 0 amide bonds. The zero-order valence-electron chi connectivity index (χ0n) is 16.4. The summed E-state index contributed by atoms with van der Waals surface area (Å²) in [6, 6.07) is 3.65. The Morgan fingerprint density at radius 1 is 1.24 bits per heavy atom. The third-order valence-electron chi connectivity index (χ3n) is 5.24. The predicted octanol–water partition coefficient (Wildman–Crippen LogP) is 2.00. The lowest BCUT2D eigenvalue weighted by molar-refractivity contribution is 0.119. The van der Waals surface area contributed by atoms with E-state index in [1.54, 1.807) is 0 Å². The molecule has 2 heterocycles. The molecule has 9 heteroatoms. The molecule has 156 valence electrons. The molecule has 3 rings (SSSR count). The van der Waals surface area contributed by atoms with Crippen molar-refractivity contribution in [2.45, 2.75) is 19.9 Å². The molecule has 0 radical (unpaired) electrons. The highest BCUT2D eigenvalue weighted by molar-refractivity contribution is 6.04. The number of nitrogens with one attached hydrogen (secondary N) is 2. The van der Waals surface area contributed by atoms with Crippen LogP contribution in [0.5, 0.6) is 5.75 Å². The van der Waals surface area contributed by atoms with Gasteiger partial charge in [-0.1, -0.05) is 6.07 Å². The van der Waals surface area contributed by atoms with E-state index in [9.17, 15) is 18.7 Å². The fourth-order valence-corrected chi connectivity index (χ4v) is 3.57. The van der Waals surface area contributed by atoms with Gasteiger partial charge < -0.3 is 21.2 Å². The maximum atomic E-state index is 14.1. The number of nitrogens with two attached hydrogens (primary N) is 1. The summed E-state index contributed by atoms with van der Waals surface area (Å²) >= 11 is 0. The van der Waals surface area contributed by atoms with Gasteiger partial charge in [-0.25, -0.2) is 8.78 Å². The fraction of sp³-hybridized carbons (Fsp3) is 0.400. The predicted molar refractivity (Wildman–Crippen MR) is 108 cm³/mol. The number of nitrogens with zero attached hydrogens (tertiary/aromatic N) is 2. The number of aromatic amines is 1. The van der Waals surface area contributed by atoms with Crippen molar-refractivity contribution in [2.75, 3.05) is 38.5 Å². The first kappa shape index (κ1) is 20.9. The van der Waals surface area contributed by atoms with Crippen molar-refractivity contribution in [3.05, 3.63) is 45.6 Å². The van der Waals surface area contributed by atoms with Gasteiger partial charge in [0.2, 0.25) is 5.43 Å². The van der Waals surface area contributed by atoms with Crippen LogP contribution in [0.1, 0.15) is 19.4 Å².